The number of likely N-dealkylation sites (N-methyl/N-ethyl adjacent to an activating group) is 1. The van der Waals surface area contributed by atoms with E-state index in [4.69, 9.17) is 4.74 Å². The Morgan fingerprint density at radius 2 is 1.68 bits per heavy atom. The van der Waals surface area contributed by atoms with Gasteiger partial charge in [0.25, 0.3) is 5.91 Å². The van der Waals surface area contributed by atoms with Gasteiger partial charge in [0.2, 0.25) is 0 Å². The van der Waals surface area contributed by atoms with Crippen molar-refractivity contribution in [1.82, 2.24) is 9.80 Å². The van der Waals surface area contributed by atoms with Crippen LogP contribution < -0.4 is 10.1 Å². The Labute approximate surface area is 207 Å². The van der Waals surface area contributed by atoms with E-state index >= 15 is 0 Å². The Morgan fingerprint density at radius 3 is 2.29 bits per heavy atom. The van der Waals surface area contributed by atoms with Gasteiger partial charge >= 0.3 is 0 Å². The number of piperazine rings is 1. The largest absolute Gasteiger partial charge is 0.494 e. The van der Waals surface area contributed by atoms with E-state index in [1.165, 1.54) is 21.6 Å². The molecule has 1 aromatic heterocycles. The van der Waals surface area contributed by atoms with E-state index in [1.807, 2.05) is 37.3 Å². The van der Waals surface area contributed by atoms with E-state index in [1.54, 1.807) is 11.3 Å². The summed E-state index contributed by atoms with van der Waals surface area (Å²) in [7, 11) is 0. The highest BCUT2D eigenvalue weighted by Crippen LogP contribution is 2.43. The Balaban J connectivity index is 1.72. The van der Waals surface area contributed by atoms with Crippen molar-refractivity contribution in [2.24, 2.45) is 0 Å². The van der Waals surface area contributed by atoms with Gasteiger partial charge in [-0.25, -0.2) is 0 Å². The van der Waals surface area contributed by atoms with Gasteiger partial charge in [-0.3, -0.25) is 9.69 Å². The van der Waals surface area contributed by atoms with E-state index in [2.05, 4.69) is 60.2 Å². The lowest BCUT2D eigenvalue weighted by atomic mass is 9.94. The van der Waals surface area contributed by atoms with Crippen LogP contribution in [0.5, 0.6) is 5.75 Å². The zero-order valence-electron chi connectivity index (χ0n) is 20.6. The monoisotopic (exact) mass is 477 g/mol. The molecule has 0 saturated carbocycles. The molecule has 1 atom stereocenters. The van der Waals surface area contributed by atoms with Crippen molar-refractivity contribution in [3.8, 4) is 5.75 Å². The number of nitrogens with one attached hydrogen (secondary N) is 1. The molecule has 180 valence electrons. The molecule has 1 aliphatic rings. The first-order valence-corrected chi connectivity index (χ1v) is 13.0. The minimum absolute atomic E-state index is 0.0654. The van der Waals surface area contributed by atoms with Crippen LogP contribution in [0.2, 0.25) is 0 Å². The van der Waals surface area contributed by atoms with Crippen LogP contribution in [0.1, 0.15) is 51.8 Å². The number of rotatable bonds is 8. The minimum atomic E-state index is -0.0654. The first-order valence-electron chi connectivity index (χ1n) is 12.2. The highest BCUT2D eigenvalue weighted by atomic mass is 32.1. The molecule has 2 heterocycles. The second-order valence-electron chi connectivity index (χ2n) is 8.72. The molecular weight excluding hydrogens is 442 g/mol. The van der Waals surface area contributed by atoms with Crippen LogP contribution in [0.15, 0.2) is 54.6 Å². The zero-order chi connectivity index (χ0) is 24.1. The summed E-state index contributed by atoms with van der Waals surface area (Å²) in [6.07, 6.45) is 0. The molecule has 5 nitrogen and oxygen atoms in total. The molecule has 4 rings (SSSR count). The number of hydrogen-bond acceptors (Lipinski definition) is 5. The molecule has 34 heavy (non-hydrogen) atoms. The van der Waals surface area contributed by atoms with Crippen LogP contribution >= 0.6 is 11.3 Å². The number of hydrogen-bond donors (Lipinski definition) is 1. The van der Waals surface area contributed by atoms with Gasteiger partial charge in [0, 0.05) is 42.2 Å². The maximum Gasteiger partial charge on any atom is 0.256 e. The van der Waals surface area contributed by atoms with Gasteiger partial charge in [-0.05, 0) is 62.7 Å². The van der Waals surface area contributed by atoms with Crippen LogP contribution in [-0.4, -0.2) is 55.0 Å². The van der Waals surface area contributed by atoms with Gasteiger partial charge in [-0.1, -0.05) is 37.3 Å². The van der Waals surface area contributed by atoms with Crippen LogP contribution in [-0.2, 0) is 0 Å². The molecule has 3 aromatic rings. The van der Waals surface area contributed by atoms with Gasteiger partial charge in [-0.15, -0.1) is 11.3 Å². The normalized spacial score (nSPS) is 15.8. The van der Waals surface area contributed by atoms with Crippen LogP contribution in [0.4, 0.5) is 5.00 Å². The molecule has 0 radical (unpaired) electrons. The van der Waals surface area contributed by atoms with Crippen molar-refractivity contribution in [3.63, 3.8) is 0 Å². The third-order valence-electron chi connectivity index (χ3n) is 6.69. The van der Waals surface area contributed by atoms with E-state index < -0.39 is 0 Å². The second-order valence-corrected chi connectivity index (χ2v) is 9.95. The molecule has 1 fully saturated rings. The molecule has 1 amide bonds. The summed E-state index contributed by atoms with van der Waals surface area (Å²) in [4.78, 5) is 19.4. The average molecular weight is 478 g/mol. The molecular formula is C28H35N3O2S. The number of thiophene rings is 1. The second kappa shape index (κ2) is 11.2. The summed E-state index contributed by atoms with van der Waals surface area (Å²) >= 11 is 1.67. The van der Waals surface area contributed by atoms with Crippen LogP contribution in [0, 0.1) is 13.8 Å². The van der Waals surface area contributed by atoms with Crippen molar-refractivity contribution in [1.29, 1.82) is 0 Å². The van der Waals surface area contributed by atoms with Crippen molar-refractivity contribution < 1.29 is 9.53 Å². The number of carbonyl (C=O) groups is 1. The smallest absolute Gasteiger partial charge is 0.256 e. The Morgan fingerprint density at radius 1 is 1.00 bits per heavy atom. The average Bonchev–Trinajstić information content (AvgIpc) is 3.14. The summed E-state index contributed by atoms with van der Waals surface area (Å²) in [5, 5.41) is 4.19. The fourth-order valence-corrected chi connectivity index (χ4v) is 5.73. The van der Waals surface area contributed by atoms with Crippen molar-refractivity contribution in [2.75, 3.05) is 44.6 Å². The SMILES string of the molecule is CCOc1ccc([C@@H](c2c(NC(=O)c3ccccc3)sc(C)c2C)N2CCN(CC)CC2)cc1. The fraction of sp³-hybridized carbons (Fsp3) is 0.393. The van der Waals surface area contributed by atoms with Gasteiger partial charge < -0.3 is 15.0 Å². The third kappa shape index (κ3) is 5.35. The summed E-state index contributed by atoms with van der Waals surface area (Å²) in [6.45, 7) is 14.4. The molecule has 1 saturated heterocycles. The number of amides is 1. The number of nitrogens with zero attached hydrogens (tertiary/aromatic N) is 2. The number of carbonyl (C=O) groups excluding carboxylic acids is 1. The van der Waals surface area contributed by atoms with Crippen LogP contribution in [0.25, 0.3) is 0 Å². The third-order valence-corrected chi connectivity index (χ3v) is 7.83. The molecule has 1 aliphatic heterocycles. The Hall–Kier alpha value is -2.67. The van der Waals surface area contributed by atoms with E-state index in [-0.39, 0.29) is 11.9 Å². The van der Waals surface area contributed by atoms with E-state index in [9.17, 15) is 4.79 Å². The lowest BCUT2D eigenvalue weighted by molar-refractivity contribution is 0.102. The number of ether oxygens (including phenoxy) is 1. The molecule has 0 aliphatic carbocycles. The number of benzene rings is 2. The first kappa shape index (κ1) is 24.5. The predicted molar refractivity (Wildman–Crippen MR) is 141 cm³/mol. The lowest BCUT2D eigenvalue weighted by Crippen LogP contribution is -2.47. The zero-order valence-corrected chi connectivity index (χ0v) is 21.5. The van der Waals surface area contributed by atoms with Crippen molar-refractivity contribution in [2.45, 2.75) is 33.7 Å². The molecule has 1 N–H and O–H groups in total. The van der Waals surface area contributed by atoms with E-state index in [0.29, 0.717) is 12.2 Å². The Kier molecular flexibility index (Phi) is 8.03. The molecule has 2 aromatic carbocycles. The summed E-state index contributed by atoms with van der Waals surface area (Å²) in [5.41, 5.74) is 4.36. The fourth-order valence-electron chi connectivity index (χ4n) is 4.64. The lowest BCUT2D eigenvalue weighted by Gasteiger charge is -2.39. The molecule has 0 spiro atoms. The van der Waals surface area contributed by atoms with Gasteiger partial charge in [0.1, 0.15) is 10.8 Å². The quantitative estimate of drug-likeness (QED) is 0.449. The standard InChI is InChI=1S/C28H35N3O2S/c1-5-30-16-18-31(19-17-30)26(22-12-14-24(15-13-22)33-6-2)25-20(3)21(4)34-28(25)29-27(32)23-10-8-7-9-11-23/h7-15,26H,5-6,16-19H2,1-4H3,(H,29,32)/t26-/m0/s1. The maximum absolute atomic E-state index is 13.1. The van der Waals surface area contributed by atoms with Gasteiger partial charge in [0.15, 0.2) is 0 Å². The maximum atomic E-state index is 13.1. The highest BCUT2D eigenvalue weighted by Gasteiger charge is 2.31. The molecule has 0 unspecified atom stereocenters. The highest BCUT2D eigenvalue weighted by molar-refractivity contribution is 7.16. The molecule has 6 heteroatoms. The van der Waals surface area contributed by atoms with Crippen LogP contribution in [0.3, 0.4) is 0 Å². The topological polar surface area (TPSA) is 44.8 Å². The predicted octanol–water partition coefficient (Wildman–Crippen LogP) is 5.74. The number of anilines is 1. The van der Waals surface area contributed by atoms with E-state index in [0.717, 1.165) is 43.5 Å². The van der Waals surface area contributed by atoms with Gasteiger partial charge in [-0.2, -0.15) is 0 Å². The Bertz CT molecular complexity index is 1090. The van der Waals surface area contributed by atoms with Crippen molar-refractivity contribution in [3.05, 3.63) is 81.7 Å². The van der Waals surface area contributed by atoms with Crippen molar-refractivity contribution >= 4 is 22.2 Å². The summed E-state index contributed by atoms with van der Waals surface area (Å²) < 4.78 is 5.70. The number of aryl methyl sites for hydroxylation is 1. The molecule has 0 bridgehead atoms. The summed E-state index contributed by atoms with van der Waals surface area (Å²) in [5.74, 6) is 0.820. The first-order chi connectivity index (χ1) is 16.5. The summed E-state index contributed by atoms with van der Waals surface area (Å²) in [6, 6.07) is 18.0. The minimum Gasteiger partial charge on any atom is -0.494 e. The van der Waals surface area contributed by atoms with Gasteiger partial charge in [0.05, 0.1) is 12.6 Å².